The molecule has 2 amide bonds. The highest BCUT2D eigenvalue weighted by Gasteiger charge is 2.38. The molecule has 0 saturated carbocycles. The van der Waals surface area contributed by atoms with Gasteiger partial charge in [0.2, 0.25) is 0 Å². The van der Waals surface area contributed by atoms with Gasteiger partial charge in [0.05, 0.1) is 38.1 Å². The van der Waals surface area contributed by atoms with Gasteiger partial charge in [-0.3, -0.25) is 4.90 Å². The monoisotopic (exact) mass is 472 g/mol. The number of hydrogen-bond acceptors (Lipinski definition) is 7. The quantitative estimate of drug-likeness (QED) is 0.436. The third-order valence-electron chi connectivity index (χ3n) is 5.26. The van der Waals surface area contributed by atoms with E-state index in [0.717, 1.165) is 4.90 Å². The number of carbonyl (C=O) groups excluding carboxylic acids is 2. The molecule has 1 aliphatic heterocycles. The lowest BCUT2D eigenvalue weighted by Crippen LogP contribution is -2.48. The molecule has 3 rings (SSSR count). The molecular weight excluding hydrogens is 444 g/mol. The van der Waals surface area contributed by atoms with Crippen LogP contribution >= 0.6 is 11.8 Å². The molecule has 0 fully saturated rings. The van der Waals surface area contributed by atoms with Crippen molar-refractivity contribution in [2.45, 2.75) is 17.9 Å². The van der Waals surface area contributed by atoms with Gasteiger partial charge in [-0.2, -0.15) is 0 Å². The Morgan fingerprint density at radius 1 is 1.09 bits per heavy atom. The summed E-state index contributed by atoms with van der Waals surface area (Å²) in [5, 5.41) is 2.88. The lowest BCUT2D eigenvalue weighted by atomic mass is 9.94. The molecule has 0 saturated heterocycles. The second-order valence-electron chi connectivity index (χ2n) is 7.09. The topological polar surface area (TPSA) is 86.3 Å². The molecule has 0 radical (unpaired) electrons. The summed E-state index contributed by atoms with van der Waals surface area (Å²) in [6, 6.07) is 11.6. The van der Waals surface area contributed by atoms with Crippen LogP contribution in [0, 0.1) is 0 Å². The second-order valence-corrected chi connectivity index (χ2v) is 7.97. The maximum atomic E-state index is 13.1. The minimum Gasteiger partial charge on any atom is -0.497 e. The molecule has 0 spiro atoms. The van der Waals surface area contributed by atoms with E-state index in [1.54, 1.807) is 51.0 Å². The number of nitrogens with zero attached hydrogens (tertiary/aromatic N) is 1. The van der Waals surface area contributed by atoms with Gasteiger partial charge in [-0.05, 0) is 49.6 Å². The van der Waals surface area contributed by atoms with Crippen molar-refractivity contribution in [1.29, 1.82) is 0 Å². The Morgan fingerprint density at radius 3 is 2.39 bits per heavy atom. The molecule has 176 valence electrons. The third kappa shape index (κ3) is 5.36. The minimum atomic E-state index is -0.786. The van der Waals surface area contributed by atoms with E-state index in [4.69, 9.17) is 18.9 Å². The number of amides is 2. The number of rotatable bonds is 9. The molecule has 0 aliphatic carbocycles. The van der Waals surface area contributed by atoms with Gasteiger partial charge in [0.15, 0.2) is 0 Å². The molecule has 1 heterocycles. The lowest BCUT2D eigenvalue weighted by molar-refractivity contribution is -0.139. The highest BCUT2D eigenvalue weighted by molar-refractivity contribution is 7.98. The Hall–Kier alpha value is -3.33. The van der Waals surface area contributed by atoms with Crippen molar-refractivity contribution in [2.75, 3.05) is 40.7 Å². The van der Waals surface area contributed by atoms with E-state index in [2.05, 4.69) is 5.32 Å². The van der Waals surface area contributed by atoms with Gasteiger partial charge in [-0.15, -0.1) is 11.8 Å². The average molecular weight is 473 g/mol. The predicted octanol–water partition coefficient (Wildman–Crippen LogP) is 4.02. The molecule has 0 bridgehead atoms. The summed E-state index contributed by atoms with van der Waals surface area (Å²) in [5.74, 6) is 1.15. The van der Waals surface area contributed by atoms with Crippen molar-refractivity contribution in [3.63, 3.8) is 0 Å². The Bertz CT molecular complexity index is 1040. The number of methoxy groups -OCH3 is 2. The first-order valence-corrected chi connectivity index (χ1v) is 11.6. The van der Waals surface area contributed by atoms with Crippen LogP contribution in [0.5, 0.6) is 17.2 Å². The number of ether oxygens (including phenoxy) is 4. The third-order valence-corrected chi connectivity index (χ3v) is 6.00. The van der Waals surface area contributed by atoms with Crippen LogP contribution in [-0.4, -0.2) is 57.6 Å². The van der Waals surface area contributed by atoms with Gasteiger partial charge in [0, 0.05) is 23.6 Å². The fourth-order valence-corrected chi connectivity index (χ4v) is 3.90. The SMILES string of the molecule is CCOC(=O)C1=C(COc2ccc(SC)cc2)N(C)C(=O)NC1c1ccc(OC)cc1OC. The van der Waals surface area contributed by atoms with Crippen molar-refractivity contribution in [1.82, 2.24) is 10.2 Å². The Balaban J connectivity index is 2.05. The molecule has 2 aromatic carbocycles. The van der Waals surface area contributed by atoms with E-state index in [-0.39, 0.29) is 24.8 Å². The fraction of sp³-hybridized carbons (Fsp3) is 0.333. The first-order chi connectivity index (χ1) is 15.9. The van der Waals surface area contributed by atoms with Gasteiger partial charge in [0.1, 0.15) is 23.9 Å². The van der Waals surface area contributed by atoms with E-state index < -0.39 is 12.0 Å². The number of esters is 1. The van der Waals surface area contributed by atoms with Crippen LogP contribution in [0.1, 0.15) is 18.5 Å². The number of thioether (sulfide) groups is 1. The van der Waals surface area contributed by atoms with Crippen molar-refractivity contribution >= 4 is 23.8 Å². The van der Waals surface area contributed by atoms with Crippen LogP contribution in [0.2, 0.25) is 0 Å². The van der Waals surface area contributed by atoms with Crippen LogP contribution in [0.3, 0.4) is 0 Å². The van der Waals surface area contributed by atoms with Crippen LogP contribution in [0.15, 0.2) is 58.6 Å². The van der Waals surface area contributed by atoms with Crippen molar-refractivity contribution in [2.24, 2.45) is 0 Å². The number of likely N-dealkylation sites (N-methyl/N-ethyl adjacent to an activating group) is 1. The molecule has 1 unspecified atom stereocenters. The zero-order chi connectivity index (χ0) is 24.0. The van der Waals surface area contributed by atoms with E-state index in [0.29, 0.717) is 28.5 Å². The number of hydrogen-bond donors (Lipinski definition) is 1. The molecule has 33 heavy (non-hydrogen) atoms. The number of nitrogens with one attached hydrogen (secondary N) is 1. The highest BCUT2D eigenvalue weighted by Crippen LogP contribution is 2.37. The van der Waals surface area contributed by atoms with Gasteiger partial charge >= 0.3 is 12.0 Å². The minimum absolute atomic E-state index is 0.00561. The molecule has 9 heteroatoms. The van der Waals surface area contributed by atoms with E-state index >= 15 is 0 Å². The summed E-state index contributed by atoms with van der Waals surface area (Å²) in [4.78, 5) is 28.4. The van der Waals surface area contributed by atoms with E-state index in [1.165, 1.54) is 12.0 Å². The molecule has 1 N–H and O–H groups in total. The highest BCUT2D eigenvalue weighted by atomic mass is 32.2. The normalized spacial score (nSPS) is 15.7. The predicted molar refractivity (Wildman–Crippen MR) is 126 cm³/mol. The summed E-state index contributed by atoms with van der Waals surface area (Å²) in [7, 11) is 4.66. The summed E-state index contributed by atoms with van der Waals surface area (Å²) in [6.45, 7) is 1.93. The summed E-state index contributed by atoms with van der Waals surface area (Å²) in [5.41, 5.74) is 1.29. The molecule has 1 atom stereocenters. The average Bonchev–Trinajstić information content (AvgIpc) is 2.84. The van der Waals surface area contributed by atoms with E-state index in [9.17, 15) is 9.59 Å². The molecular formula is C24H28N2O6S. The van der Waals surface area contributed by atoms with Crippen LogP contribution < -0.4 is 19.5 Å². The Kier molecular flexibility index (Phi) is 8.11. The van der Waals surface area contributed by atoms with Crippen molar-refractivity contribution in [3.8, 4) is 17.2 Å². The van der Waals surface area contributed by atoms with Crippen molar-refractivity contribution < 1.29 is 28.5 Å². The van der Waals surface area contributed by atoms with Gasteiger partial charge in [0.25, 0.3) is 0 Å². The number of benzene rings is 2. The molecule has 8 nitrogen and oxygen atoms in total. The van der Waals surface area contributed by atoms with Gasteiger partial charge < -0.3 is 24.3 Å². The van der Waals surface area contributed by atoms with Crippen LogP contribution in [0.25, 0.3) is 0 Å². The Labute approximate surface area is 197 Å². The van der Waals surface area contributed by atoms with E-state index in [1.807, 2.05) is 30.5 Å². The zero-order valence-corrected chi connectivity index (χ0v) is 20.2. The Morgan fingerprint density at radius 2 is 1.79 bits per heavy atom. The number of urea groups is 1. The van der Waals surface area contributed by atoms with Gasteiger partial charge in [-0.25, -0.2) is 9.59 Å². The number of carbonyl (C=O) groups is 2. The molecule has 2 aromatic rings. The smallest absolute Gasteiger partial charge is 0.338 e. The largest absolute Gasteiger partial charge is 0.497 e. The second kappa shape index (κ2) is 11.0. The summed E-state index contributed by atoms with van der Waals surface area (Å²) in [6.07, 6.45) is 2.00. The maximum Gasteiger partial charge on any atom is 0.338 e. The zero-order valence-electron chi connectivity index (χ0n) is 19.3. The van der Waals surface area contributed by atoms with Crippen molar-refractivity contribution in [3.05, 3.63) is 59.3 Å². The fourth-order valence-electron chi connectivity index (χ4n) is 3.50. The summed E-state index contributed by atoms with van der Waals surface area (Å²) < 4.78 is 22.1. The molecule has 0 aromatic heterocycles. The van der Waals surface area contributed by atoms with Gasteiger partial charge in [-0.1, -0.05) is 0 Å². The van der Waals surface area contributed by atoms with Crippen LogP contribution in [-0.2, 0) is 9.53 Å². The van der Waals surface area contributed by atoms with Crippen LogP contribution in [0.4, 0.5) is 4.79 Å². The maximum absolute atomic E-state index is 13.1. The first kappa shape index (κ1) is 24.3. The standard InChI is InChI=1S/C24H28N2O6S/c1-6-31-23(27)21-19(14-32-15-7-10-17(33-5)11-8-15)26(2)24(28)25-22(21)18-12-9-16(29-3)13-20(18)30-4/h7-13,22H,6,14H2,1-5H3,(H,25,28). The lowest BCUT2D eigenvalue weighted by Gasteiger charge is -2.35. The first-order valence-electron chi connectivity index (χ1n) is 10.4. The molecule has 1 aliphatic rings. The summed E-state index contributed by atoms with van der Waals surface area (Å²) >= 11 is 1.63.